The van der Waals surface area contributed by atoms with Gasteiger partial charge in [0.2, 0.25) is 11.8 Å². The summed E-state index contributed by atoms with van der Waals surface area (Å²) in [6.45, 7) is 9.35. The molecule has 0 bridgehead atoms. The normalized spacial score (nSPS) is 16.8. The third-order valence-corrected chi connectivity index (χ3v) is 4.23. The molecule has 1 amide bonds. The van der Waals surface area contributed by atoms with Gasteiger partial charge in [-0.1, -0.05) is 0 Å². The molecule has 1 fully saturated rings. The molecule has 1 aliphatic rings. The zero-order chi connectivity index (χ0) is 16.1. The SMILES string of the molecule is Cc1nc(CN2CCC(CNC(=O)CC(C)N)CC2)oc1C.Cl.Cl. The van der Waals surface area contributed by atoms with Crippen LogP contribution in [0.3, 0.4) is 0 Å². The smallest absolute Gasteiger partial charge is 0.221 e. The molecule has 1 aliphatic heterocycles. The molecule has 0 saturated carbocycles. The fourth-order valence-corrected chi connectivity index (χ4v) is 2.77. The summed E-state index contributed by atoms with van der Waals surface area (Å²) < 4.78 is 5.64. The number of piperidine rings is 1. The summed E-state index contributed by atoms with van der Waals surface area (Å²) in [6.07, 6.45) is 2.59. The number of halogens is 2. The van der Waals surface area contributed by atoms with Crippen LogP contribution >= 0.6 is 24.8 Å². The maximum atomic E-state index is 11.6. The molecule has 8 heteroatoms. The Hall–Kier alpha value is -0.820. The zero-order valence-electron chi connectivity index (χ0n) is 14.7. The summed E-state index contributed by atoms with van der Waals surface area (Å²) >= 11 is 0. The number of nitrogens with two attached hydrogens (primary N) is 1. The Morgan fingerprint density at radius 1 is 1.38 bits per heavy atom. The van der Waals surface area contributed by atoms with Gasteiger partial charge in [-0.15, -0.1) is 24.8 Å². The van der Waals surface area contributed by atoms with Crippen molar-refractivity contribution in [2.24, 2.45) is 11.7 Å². The molecule has 1 saturated heterocycles. The molecule has 1 unspecified atom stereocenters. The fraction of sp³-hybridized carbons (Fsp3) is 0.750. The van der Waals surface area contributed by atoms with Gasteiger partial charge in [-0.25, -0.2) is 4.98 Å². The summed E-state index contributed by atoms with van der Waals surface area (Å²) in [4.78, 5) is 18.4. The van der Waals surface area contributed by atoms with Crippen LogP contribution in [0.2, 0.25) is 0 Å². The lowest BCUT2D eigenvalue weighted by Gasteiger charge is -2.31. The topological polar surface area (TPSA) is 84.4 Å². The first kappa shape index (κ1) is 23.2. The van der Waals surface area contributed by atoms with E-state index in [4.69, 9.17) is 10.2 Å². The number of oxazole rings is 1. The highest BCUT2D eigenvalue weighted by molar-refractivity contribution is 5.85. The van der Waals surface area contributed by atoms with Crippen molar-refractivity contribution in [3.05, 3.63) is 17.3 Å². The predicted molar refractivity (Wildman–Crippen MR) is 99.8 cm³/mol. The molecule has 2 heterocycles. The molecule has 2 rings (SSSR count). The number of aryl methyl sites for hydroxylation is 2. The molecule has 1 atom stereocenters. The first-order valence-corrected chi connectivity index (χ1v) is 8.11. The van der Waals surface area contributed by atoms with Crippen molar-refractivity contribution in [2.75, 3.05) is 19.6 Å². The van der Waals surface area contributed by atoms with E-state index in [1.54, 1.807) is 0 Å². The van der Waals surface area contributed by atoms with E-state index >= 15 is 0 Å². The second-order valence-corrected chi connectivity index (χ2v) is 6.45. The summed E-state index contributed by atoms with van der Waals surface area (Å²) in [6, 6.07) is -0.0745. The first-order valence-electron chi connectivity index (χ1n) is 8.11. The number of rotatable bonds is 6. The minimum absolute atomic E-state index is 0. The van der Waals surface area contributed by atoms with E-state index in [-0.39, 0.29) is 36.8 Å². The Morgan fingerprint density at radius 2 is 2.00 bits per heavy atom. The maximum Gasteiger partial charge on any atom is 0.221 e. The van der Waals surface area contributed by atoms with E-state index in [2.05, 4.69) is 15.2 Å². The van der Waals surface area contributed by atoms with Gasteiger partial charge >= 0.3 is 0 Å². The van der Waals surface area contributed by atoms with Crippen LogP contribution in [-0.4, -0.2) is 41.5 Å². The van der Waals surface area contributed by atoms with Crippen LogP contribution in [0, 0.1) is 19.8 Å². The van der Waals surface area contributed by atoms with Gasteiger partial charge < -0.3 is 15.5 Å². The van der Waals surface area contributed by atoms with Crippen molar-refractivity contribution in [3.8, 4) is 0 Å². The Morgan fingerprint density at radius 3 is 2.50 bits per heavy atom. The maximum absolute atomic E-state index is 11.6. The Balaban J connectivity index is 0.00000264. The van der Waals surface area contributed by atoms with Gasteiger partial charge in [-0.3, -0.25) is 9.69 Å². The van der Waals surface area contributed by atoms with Crippen molar-refractivity contribution in [1.82, 2.24) is 15.2 Å². The highest BCUT2D eigenvalue weighted by atomic mass is 35.5. The van der Waals surface area contributed by atoms with E-state index in [1.165, 1.54) is 0 Å². The highest BCUT2D eigenvalue weighted by Gasteiger charge is 2.21. The van der Waals surface area contributed by atoms with Crippen molar-refractivity contribution in [2.45, 2.75) is 52.6 Å². The second kappa shape index (κ2) is 10.9. The lowest BCUT2D eigenvalue weighted by molar-refractivity contribution is -0.121. The monoisotopic (exact) mass is 380 g/mol. The van der Waals surface area contributed by atoms with E-state index < -0.39 is 0 Å². The standard InChI is InChI=1S/C16H28N4O2.2ClH/c1-11(17)8-15(21)18-9-14-4-6-20(7-5-14)10-16-19-12(2)13(3)22-16;;/h11,14H,4-10,17H2,1-3H3,(H,18,21);2*1H. The summed E-state index contributed by atoms with van der Waals surface area (Å²) in [5.41, 5.74) is 6.60. The number of carbonyl (C=O) groups is 1. The molecule has 0 radical (unpaired) electrons. The highest BCUT2D eigenvalue weighted by Crippen LogP contribution is 2.19. The number of aromatic nitrogens is 1. The number of hydrogen-bond donors (Lipinski definition) is 2. The average molecular weight is 381 g/mol. The number of nitrogens with one attached hydrogen (secondary N) is 1. The Kier molecular flexibility index (Phi) is 10.6. The van der Waals surface area contributed by atoms with Gasteiger partial charge in [0.1, 0.15) is 5.76 Å². The van der Waals surface area contributed by atoms with Crippen molar-refractivity contribution in [3.63, 3.8) is 0 Å². The van der Waals surface area contributed by atoms with Crippen LogP contribution in [0.25, 0.3) is 0 Å². The second-order valence-electron chi connectivity index (χ2n) is 6.45. The lowest BCUT2D eigenvalue weighted by Crippen LogP contribution is -2.39. The molecule has 24 heavy (non-hydrogen) atoms. The van der Waals surface area contributed by atoms with Gasteiger partial charge in [0.25, 0.3) is 0 Å². The van der Waals surface area contributed by atoms with E-state index in [0.717, 1.165) is 56.4 Å². The minimum Gasteiger partial charge on any atom is -0.444 e. The Labute approximate surface area is 156 Å². The van der Waals surface area contributed by atoms with Crippen molar-refractivity contribution in [1.29, 1.82) is 0 Å². The largest absolute Gasteiger partial charge is 0.444 e. The number of carbonyl (C=O) groups excluding carboxylic acids is 1. The molecule has 3 N–H and O–H groups in total. The minimum atomic E-state index is -0.0745. The van der Waals surface area contributed by atoms with Crippen molar-refractivity contribution < 1.29 is 9.21 Å². The molecular formula is C16H30Cl2N4O2. The molecule has 0 spiro atoms. The molecule has 0 aromatic carbocycles. The first-order chi connectivity index (χ1) is 10.4. The van der Waals surface area contributed by atoms with Gasteiger partial charge in [-0.05, 0) is 52.6 Å². The Bertz CT molecular complexity index is 481. The van der Waals surface area contributed by atoms with Gasteiger partial charge in [0.15, 0.2) is 0 Å². The summed E-state index contributed by atoms with van der Waals surface area (Å²) in [5.74, 6) is 2.32. The van der Waals surface area contributed by atoms with Crippen LogP contribution in [0.1, 0.15) is 43.5 Å². The predicted octanol–water partition coefficient (Wildman–Crippen LogP) is 2.20. The third kappa shape index (κ3) is 7.38. The van der Waals surface area contributed by atoms with Crippen molar-refractivity contribution >= 4 is 30.7 Å². The zero-order valence-corrected chi connectivity index (χ0v) is 16.3. The van der Waals surface area contributed by atoms with Gasteiger partial charge in [-0.2, -0.15) is 0 Å². The number of likely N-dealkylation sites (tertiary alicyclic amines) is 1. The molecule has 1 aromatic heterocycles. The number of amides is 1. The molecule has 1 aromatic rings. The van der Waals surface area contributed by atoms with Crippen LogP contribution in [0.15, 0.2) is 4.42 Å². The third-order valence-electron chi connectivity index (χ3n) is 4.23. The summed E-state index contributed by atoms with van der Waals surface area (Å²) in [7, 11) is 0. The van der Waals surface area contributed by atoms with Gasteiger partial charge in [0.05, 0.1) is 12.2 Å². The van der Waals surface area contributed by atoms with Crippen LogP contribution in [-0.2, 0) is 11.3 Å². The number of hydrogen-bond acceptors (Lipinski definition) is 5. The van der Waals surface area contributed by atoms with Crippen LogP contribution in [0.4, 0.5) is 0 Å². The van der Waals surface area contributed by atoms with Crippen LogP contribution < -0.4 is 11.1 Å². The molecule has 0 aliphatic carbocycles. The average Bonchev–Trinajstić information content (AvgIpc) is 2.76. The molecule has 140 valence electrons. The molecular weight excluding hydrogens is 351 g/mol. The molecule has 6 nitrogen and oxygen atoms in total. The van der Waals surface area contributed by atoms with E-state index in [0.29, 0.717) is 12.3 Å². The fourth-order valence-electron chi connectivity index (χ4n) is 2.77. The number of nitrogens with zero attached hydrogens (tertiary/aromatic N) is 2. The van der Waals surface area contributed by atoms with Crippen LogP contribution in [0.5, 0.6) is 0 Å². The van der Waals surface area contributed by atoms with E-state index in [1.807, 2.05) is 20.8 Å². The quantitative estimate of drug-likeness (QED) is 0.789. The lowest BCUT2D eigenvalue weighted by atomic mass is 9.96. The summed E-state index contributed by atoms with van der Waals surface area (Å²) in [5, 5.41) is 2.99. The van der Waals surface area contributed by atoms with E-state index in [9.17, 15) is 4.79 Å². The van der Waals surface area contributed by atoms with Gasteiger partial charge in [0, 0.05) is 19.0 Å².